The Labute approximate surface area is 243 Å². The van der Waals surface area contributed by atoms with Crippen LogP contribution in [0.15, 0.2) is 140 Å². The third kappa shape index (κ3) is 3.90. The fourth-order valence-electron chi connectivity index (χ4n) is 6.08. The van der Waals surface area contributed by atoms with E-state index < -0.39 is 0 Å². The van der Waals surface area contributed by atoms with Crippen molar-refractivity contribution in [1.29, 1.82) is 5.26 Å². The van der Waals surface area contributed by atoms with Crippen LogP contribution < -0.4 is 0 Å². The zero-order valence-corrected chi connectivity index (χ0v) is 22.6. The highest BCUT2D eigenvalue weighted by Crippen LogP contribution is 2.40. The SMILES string of the molecule is N#Cc1ccc(-c2c(-c3ccc4c(-c5ccc6ccc7cccnc7c6n5)cccc4c3)ccc3ccccc23)cc1. The largest absolute Gasteiger partial charge is 0.254 e. The molecule has 0 aliphatic carbocycles. The van der Waals surface area contributed by atoms with Crippen LogP contribution in [0.1, 0.15) is 5.56 Å². The van der Waals surface area contributed by atoms with E-state index in [0.29, 0.717) is 5.56 Å². The summed E-state index contributed by atoms with van der Waals surface area (Å²) in [6.07, 6.45) is 1.83. The average molecular weight is 534 g/mol. The lowest BCUT2D eigenvalue weighted by molar-refractivity contribution is 1.37. The molecular formula is C39H23N3. The van der Waals surface area contributed by atoms with Crippen molar-refractivity contribution < 1.29 is 0 Å². The maximum atomic E-state index is 9.35. The molecule has 3 heteroatoms. The Hall–Kier alpha value is -5.85. The van der Waals surface area contributed by atoms with Gasteiger partial charge < -0.3 is 0 Å². The van der Waals surface area contributed by atoms with E-state index in [4.69, 9.17) is 4.98 Å². The van der Waals surface area contributed by atoms with E-state index >= 15 is 0 Å². The first-order valence-electron chi connectivity index (χ1n) is 14.0. The molecule has 2 heterocycles. The Kier molecular flexibility index (Phi) is 5.52. The summed E-state index contributed by atoms with van der Waals surface area (Å²) >= 11 is 0. The summed E-state index contributed by atoms with van der Waals surface area (Å²) in [6.45, 7) is 0. The Morgan fingerprint density at radius 1 is 0.500 bits per heavy atom. The Bertz CT molecular complexity index is 2360. The average Bonchev–Trinajstić information content (AvgIpc) is 3.07. The summed E-state index contributed by atoms with van der Waals surface area (Å²) in [4.78, 5) is 9.76. The second-order valence-corrected chi connectivity index (χ2v) is 10.5. The van der Waals surface area contributed by atoms with Gasteiger partial charge in [0.1, 0.15) is 0 Å². The molecule has 194 valence electrons. The molecule has 8 rings (SSSR count). The molecule has 0 atom stereocenters. The monoisotopic (exact) mass is 533 g/mol. The number of aromatic nitrogens is 2. The molecule has 0 fully saturated rings. The number of hydrogen-bond donors (Lipinski definition) is 0. The first-order valence-corrected chi connectivity index (χ1v) is 14.0. The topological polar surface area (TPSA) is 49.6 Å². The van der Waals surface area contributed by atoms with Gasteiger partial charge in [-0.1, -0.05) is 103 Å². The first-order chi connectivity index (χ1) is 20.8. The summed E-state index contributed by atoms with van der Waals surface area (Å²) in [5.74, 6) is 0. The van der Waals surface area contributed by atoms with Gasteiger partial charge >= 0.3 is 0 Å². The number of fused-ring (bicyclic) bond motifs is 5. The molecule has 3 nitrogen and oxygen atoms in total. The summed E-state index contributed by atoms with van der Waals surface area (Å²) in [6, 6.07) is 48.6. The van der Waals surface area contributed by atoms with E-state index in [1.807, 2.05) is 36.5 Å². The molecule has 0 spiro atoms. The third-order valence-corrected chi connectivity index (χ3v) is 8.13. The zero-order valence-electron chi connectivity index (χ0n) is 22.6. The quantitative estimate of drug-likeness (QED) is 0.212. The van der Waals surface area contributed by atoms with Gasteiger partial charge in [-0.2, -0.15) is 5.26 Å². The molecule has 0 radical (unpaired) electrons. The molecule has 8 aromatic rings. The number of rotatable bonds is 3. The molecule has 0 unspecified atom stereocenters. The van der Waals surface area contributed by atoms with Crippen LogP contribution in [0.4, 0.5) is 0 Å². The van der Waals surface area contributed by atoms with Crippen LogP contribution in [0.25, 0.3) is 76.9 Å². The van der Waals surface area contributed by atoms with Crippen LogP contribution >= 0.6 is 0 Å². The Morgan fingerprint density at radius 3 is 2.12 bits per heavy atom. The predicted octanol–water partition coefficient (Wildman–Crippen LogP) is 9.96. The van der Waals surface area contributed by atoms with E-state index in [2.05, 4.69) is 114 Å². The van der Waals surface area contributed by atoms with Crippen LogP contribution in [0.3, 0.4) is 0 Å². The lowest BCUT2D eigenvalue weighted by Gasteiger charge is -2.15. The summed E-state index contributed by atoms with van der Waals surface area (Å²) in [7, 11) is 0. The molecule has 0 N–H and O–H groups in total. The van der Waals surface area contributed by atoms with E-state index in [-0.39, 0.29) is 0 Å². The molecule has 42 heavy (non-hydrogen) atoms. The van der Waals surface area contributed by atoms with E-state index in [1.54, 1.807) is 0 Å². The van der Waals surface area contributed by atoms with Crippen molar-refractivity contribution in [3.63, 3.8) is 0 Å². The van der Waals surface area contributed by atoms with Gasteiger partial charge in [-0.05, 0) is 74.1 Å². The molecule has 0 aliphatic rings. The molecule has 0 aliphatic heterocycles. The molecule has 2 aromatic heterocycles. The Balaban J connectivity index is 1.30. The normalized spacial score (nSPS) is 11.3. The van der Waals surface area contributed by atoms with E-state index in [0.717, 1.165) is 60.5 Å². The minimum absolute atomic E-state index is 0.657. The fourth-order valence-corrected chi connectivity index (χ4v) is 6.08. The number of nitriles is 1. The lowest BCUT2D eigenvalue weighted by Crippen LogP contribution is -1.91. The van der Waals surface area contributed by atoms with Crippen LogP contribution in [-0.4, -0.2) is 9.97 Å². The van der Waals surface area contributed by atoms with Gasteiger partial charge in [0.2, 0.25) is 0 Å². The molecule has 0 amide bonds. The van der Waals surface area contributed by atoms with Crippen molar-refractivity contribution in [3.8, 4) is 39.6 Å². The van der Waals surface area contributed by atoms with Gasteiger partial charge in [-0.15, -0.1) is 0 Å². The second-order valence-electron chi connectivity index (χ2n) is 10.5. The highest BCUT2D eigenvalue weighted by atomic mass is 14.8. The smallest absolute Gasteiger partial charge is 0.0991 e. The molecule has 0 saturated carbocycles. The maximum absolute atomic E-state index is 9.35. The maximum Gasteiger partial charge on any atom is 0.0991 e. The molecule has 0 saturated heterocycles. The van der Waals surface area contributed by atoms with Crippen LogP contribution in [0, 0.1) is 11.3 Å². The summed E-state index contributed by atoms with van der Waals surface area (Å²) < 4.78 is 0. The lowest BCUT2D eigenvalue weighted by atomic mass is 9.88. The standard InChI is InChI=1S/C39H23N3/c40-24-25-10-12-27(13-11-25)37-33-8-2-1-5-26(33)16-20-34(37)31-17-19-32-30(23-31)6-3-9-35(32)36-21-18-29-15-14-28-7-4-22-41-38(28)39(29)42-36/h1-23H. The number of nitrogens with zero attached hydrogens (tertiary/aromatic N) is 3. The highest BCUT2D eigenvalue weighted by molar-refractivity contribution is 6.07. The van der Waals surface area contributed by atoms with Crippen LogP contribution in [-0.2, 0) is 0 Å². The van der Waals surface area contributed by atoms with Gasteiger partial charge in [-0.3, -0.25) is 4.98 Å². The van der Waals surface area contributed by atoms with Crippen molar-refractivity contribution >= 4 is 43.4 Å². The first kappa shape index (κ1) is 24.0. The third-order valence-electron chi connectivity index (χ3n) is 8.13. The van der Waals surface area contributed by atoms with Gasteiger partial charge in [-0.25, -0.2) is 4.98 Å². The van der Waals surface area contributed by atoms with Crippen molar-refractivity contribution in [2.45, 2.75) is 0 Å². The predicted molar refractivity (Wildman–Crippen MR) is 173 cm³/mol. The minimum Gasteiger partial charge on any atom is -0.254 e. The van der Waals surface area contributed by atoms with Crippen molar-refractivity contribution in [2.24, 2.45) is 0 Å². The minimum atomic E-state index is 0.657. The highest BCUT2D eigenvalue weighted by Gasteiger charge is 2.14. The van der Waals surface area contributed by atoms with E-state index in [9.17, 15) is 5.26 Å². The van der Waals surface area contributed by atoms with E-state index in [1.165, 1.54) is 16.3 Å². The number of hydrogen-bond acceptors (Lipinski definition) is 3. The van der Waals surface area contributed by atoms with Crippen molar-refractivity contribution in [1.82, 2.24) is 9.97 Å². The van der Waals surface area contributed by atoms with Gasteiger partial charge in [0.05, 0.1) is 28.4 Å². The molecule has 0 bridgehead atoms. The van der Waals surface area contributed by atoms with Crippen molar-refractivity contribution in [2.75, 3.05) is 0 Å². The molecular weight excluding hydrogens is 510 g/mol. The zero-order chi connectivity index (χ0) is 28.0. The Morgan fingerprint density at radius 2 is 1.24 bits per heavy atom. The summed E-state index contributed by atoms with van der Waals surface area (Å²) in [5.41, 5.74) is 9.10. The van der Waals surface area contributed by atoms with Crippen molar-refractivity contribution in [3.05, 3.63) is 145 Å². The van der Waals surface area contributed by atoms with Gasteiger partial charge in [0.25, 0.3) is 0 Å². The number of benzene rings is 6. The number of pyridine rings is 2. The van der Waals surface area contributed by atoms with Crippen LogP contribution in [0.2, 0.25) is 0 Å². The van der Waals surface area contributed by atoms with Crippen LogP contribution in [0.5, 0.6) is 0 Å². The second kappa shape index (κ2) is 9.66. The van der Waals surface area contributed by atoms with Gasteiger partial charge in [0, 0.05) is 22.5 Å². The fraction of sp³-hybridized carbons (Fsp3) is 0. The van der Waals surface area contributed by atoms with Gasteiger partial charge in [0.15, 0.2) is 0 Å². The molecule has 6 aromatic carbocycles. The summed E-state index contributed by atoms with van der Waals surface area (Å²) in [5, 5.41) is 16.2.